The van der Waals surface area contributed by atoms with Crippen molar-refractivity contribution in [2.45, 2.75) is 50.6 Å². The normalized spacial score (nSPS) is 25.2. The first-order valence-electron chi connectivity index (χ1n) is 7.54. The van der Waals surface area contributed by atoms with E-state index in [1.54, 1.807) is 12.7 Å². The van der Waals surface area contributed by atoms with E-state index in [0.717, 1.165) is 45.3 Å². The summed E-state index contributed by atoms with van der Waals surface area (Å²) in [6.07, 6.45) is 9.19. The summed E-state index contributed by atoms with van der Waals surface area (Å²) in [4.78, 5) is 18.3. The Hall–Kier alpha value is -1.43. The Balaban J connectivity index is 1.53. The van der Waals surface area contributed by atoms with Crippen LogP contribution in [-0.4, -0.2) is 44.2 Å². The number of likely N-dealkylation sites (tertiary alicyclic amines) is 1. The highest BCUT2D eigenvalue weighted by atomic mass is 16.2. The number of carbonyl (C=O) groups is 1. The van der Waals surface area contributed by atoms with E-state index in [-0.39, 0.29) is 11.4 Å². The van der Waals surface area contributed by atoms with Gasteiger partial charge in [0.05, 0.1) is 0 Å². The molecule has 0 aromatic carbocycles. The van der Waals surface area contributed by atoms with Crippen molar-refractivity contribution in [1.82, 2.24) is 19.7 Å². The molecule has 1 amide bonds. The third kappa shape index (κ3) is 3.00. The molecule has 6 heteroatoms. The maximum absolute atomic E-state index is 12.4. The molecule has 2 fully saturated rings. The molecular weight excluding hydrogens is 254 g/mol. The summed E-state index contributed by atoms with van der Waals surface area (Å²) in [5, 5.41) is 4.14. The summed E-state index contributed by atoms with van der Waals surface area (Å²) in [5.41, 5.74) is 5.97. The van der Waals surface area contributed by atoms with Gasteiger partial charge in [0.2, 0.25) is 5.91 Å². The number of amides is 1. The van der Waals surface area contributed by atoms with Crippen molar-refractivity contribution >= 4 is 5.91 Å². The lowest BCUT2D eigenvalue weighted by molar-refractivity contribution is -0.135. The molecule has 1 aromatic rings. The van der Waals surface area contributed by atoms with Crippen LogP contribution in [0.25, 0.3) is 0 Å². The van der Waals surface area contributed by atoms with Gasteiger partial charge in [-0.2, -0.15) is 5.10 Å². The quantitative estimate of drug-likeness (QED) is 0.882. The molecule has 1 atom stereocenters. The van der Waals surface area contributed by atoms with E-state index in [1.165, 1.54) is 6.42 Å². The Morgan fingerprint density at radius 2 is 2.25 bits per heavy atom. The average Bonchev–Trinajstić information content (AvgIpc) is 2.90. The lowest BCUT2D eigenvalue weighted by Crippen LogP contribution is -2.52. The molecule has 1 saturated heterocycles. The van der Waals surface area contributed by atoms with Crippen molar-refractivity contribution in [2.75, 3.05) is 13.1 Å². The first kappa shape index (κ1) is 13.5. The van der Waals surface area contributed by atoms with Crippen LogP contribution in [0.3, 0.4) is 0 Å². The fourth-order valence-electron chi connectivity index (χ4n) is 3.25. The predicted molar refractivity (Wildman–Crippen MR) is 74.7 cm³/mol. The van der Waals surface area contributed by atoms with Gasteiger partial charge in [0.15, 0.2) is 0 Å². The third-order valence-corrected chi connectivity index (χ3v) is 4.64. The summed E-state index contributed by atoms with van der Waals surface area (Å²) >= 11 is 0. The first-order chi connectivity index (χ1) is 9.65. The zero-order chi connectivity index (χ0) is 14.0. The second-order valence-corrected chi connectivity index (χ2v) is 6.36. The minimum Gasteiger partial charge on any atom is -0.342 e. The molecule has 2 heterocycles. The maximum atomic E-state index is 12.4. The van der Waals surface area contributed by atoms with Gasteiger partial charge in [-0.15, -0.1) is 0 Å². The molecule has 3 rings (SSSR count). The molecule has 1 saturated carbocycles. The van der Waals surface area contributed by atoms with Crippen molar-refractivity contribution in [3.8, 4) is 0 Å². The van der Waals surface area contributed by atoms with Crippen molar-refractivity contribution < 1.29 is 4.79 Å². The molecule has 0 radical (unpaired) electrons. The Morgan fingerprint density at radius 3 is 2.90 bits per heavy atom. The van der Waals surface area contributed by atoms with Crippen LogP contribution in [0.1, 0.15) is 38.5 Å². The largest absolute Gasteiger partial charge is 0.342 e. The molecule has 110 valence electrons. The molecule has 2 aliphatic rings. The van der Waals surface area contributed by atoms with Crippen LogP contribution in [0.4, 0.5) is 0 Å². The van der Waals surface area contributed by atoms with Gasteiger partial charge < -0.3 is 10.6 Å². The van der Waals surface area contributed by atoms with E-state index in [0.29, 0.717) is 12.3 Å². The third-order valence-electron chi connectivity index (χ3n) is 4.64. The highest BCUT2D eigenvalue weighted by Gasteiger charge is 2.36. The summed E-state index contributed by atoms with van der Waals surface area (Å²) in [5.74, 6) is 0.708. The molecule has 1 aliphatic carbocycles. The number of nitrogens with zero attached hydrogens (tertiary/aromatic N) is 4. The molecule has 0 spiro atoms. The maximum Gasteiger partial charge on any atom is 0.224 e. The Morgan fingerprint density at radius 1 is 1.40 bits per heavy atom. The number of piperidine rings is 1. The molecule has 6 nitrogen and oxygen atoms in total. The molecule has 0 bridgehead atoms. The van der Waals surface area contributed by atoms with E-state index in [4.69, 9.17) is 5.73 Å². The van der Waals surface area contributed by atoms with E-state index < -0.39 is 0 Å². The highest BCUT2D eigenvalue weighted by Crippen LogP contribution is 2.33. The fourth-order valence-corrected chi connectivity index (χ4v) is 3.25. The monoisotopic (exact) mass is 277 g/mol. The van der Waals surface area contributed by atoms with Crippen LogP contribution in [-0.2, 0) is 11.3 Å². The molecule has 1 aliphatic heterocycles. The van der Waals surface area contributed by atoms with Gasteiger partial charge in [0, 0.05) is 31.6 Å². The van der Waals surface area contributed by atoms with Gasteiger partial charge in [-0.3, -0.25) is 9.48 Å². The summed E-state index contributed by atoms with van der Waals surface area (Å²) in [6.45, 7) is 2.55. The Labute approximate surface area is 119 Å². The van der Waals surface area contributed by atoms with Crippen molar-refractivity contribution in [3.05, 3.63) is 12.7 Å². The summed E-state index contributed by atoms with van der Waals surface area (Å²) in [6, 6.07) is 0. The first-order valence-corrected chi connectivity index (χ1v) is 7.54. The molecular formula is C14H23N5O. The Bertz CT molecular complexity index is 454. The van der Waals surface area contributed by atoms with Crippen LogP contribution in [0.2, 0.25) is 0 Å². The number of rotatable bonds is 4. The average molecular weight is 277 g/mol. The minimum absolute atomic E-state index is 0.212. The number of aromatic nitrogens is 3. The van der Waals surface area contributed by atoms with Gasteiger partial charge >= 0.3 is 0 Å². The fraction of sp³-hybridized carbons (Fsp3) is 0.786. The zero-order valence-corrected chi connectivity index (χ0v) is 11.9. The molecule has 1 aromatic heterocycles. The van der Waals surface area contributed by atoms with Crippen LogP contribution in [0.5, 0.6) is 0 Å². The lowest BCUT2D eigenvalue weighted by Gasteiger charge is -2.40. The van der Waals surface area contributed by atoms with Gasteiger partial charge in [-0.05, 0) is 38.0 Å². The van der Waals surface area contributed by atoms with E-state index >= 15 is 0 Å². The zero-order valence-electron chi connectivity index (χ0n) is 11.9. The van der Waals surface area contributed by atoms with E-state index in [1.807, 2.05) is 9.58 Å². The second kappa shape index (κ2) is 5.52. The van der Waals surface area contributed by atoms with Crippen molar-refractivity contribution in [2.24, 2.45) is 11.7 Å². The van der Waals surface area contributed by atoms with Crippen molar-refractivity contribution in [3.63, 3.8) is 0 Å². The van der Waals surface area contributed by atoms with Gasteiger partial charge in [0.1, 0.15) is 12.7 Å². The van der Waals surface area contributed by atoms with Crippen LogP contribution < -0.4 is 5.73 Å². The lowest BCUT2D eigenvalue weighted by atomic mass is 9.75. The molecule has 20 heavy (non-hydrogen) atoms. The standard InChI is InChI=1S/C14H23N5O/c15-14(4-2-5-14)7-13(20)18-6-1-3-12(8-18)9-19-11-16-10-17-19/h10-12H,1-9,15H2/t12-/m1/s1. The Kier molecular flexibility index (Phi) is 3.74. The number of carbonyl (C=O) groups excluding carboxylic acids is 1. The van der Waals surface area contributed by atoms with E-state index in [2.05, 4.69) is 10.1 Å². The number of nitrogens with two attached hydrogens (primary N) is 1. The predicted octanol–water partition coefficient (Wildman–Crippen LogP) is 0.788. The second-order valence-electron chi connectivity index (χ2n) is 6.36. The van der Waals surface area contributed by atoms with Gasteiger partial charge in [-0.1, -0.05) is 0 Å². The number of hydrogen-bond donors (Lipinski definition) is 1. The number of hydrogen-bond acceptors (Lipinski definition) is 4. The van der Waals surface area contributed by atoms with Crippen LogP contribution in [0.15, 0.2) is 12.7 Å². The molecule has 2 N–H and O–H groups in total. The van der Waals surface area contributed by atoms with Crippen LogP contribution in [0, 0.1) is 5.92 Å². The summed E-state index contributed by atoms with van der Waals surface area (Å²) in [7, 11) is 0. The minimum atomic E-state index is -0.212. The van der Waals surface area contributed by atoms with Gasteiger partial charge in [0.25, 0.3) is 0 Å². The topological polar surface area (TPSA) is 77.0 Å². The van der Waals surface area contributed by atoms with Crippen molar-refractivity contribution in [1.29, 1.82) is 0 Å². The highest BCUT2D eigenvalue weighted by molar-refractivity contribution is 5.77. The SMILES string of the molecule is NC1(CC(=O)N2CCC[C@@H](Cn3cncn3)C2)CCC1. The molecule has 0 unspecified atom stereocenters. The van der Waals surface area contributed by atoms with Gasteiger partial charge in [-0.25, -0.2) is 4.98 Å². The summed E-state index contributed by atoms with van der Waals surface area (Å²) < 4.78 is 1.86. The van der Waals surface area contributed by atoms with Crippen LogP contribution >= 0.6 is 0 Å². The smallest absolute Gasteiger partial charge is 0.224 e. The van der Waals surface area contributed by atoms with E-state index in [9.17, 15) is 4.79 Å².